The zero-order chi connectivity index (χ0) is 22.0. The van der Waals surface area contributed by atoms with Crippen LogP contribution < -0.4 is 15.2 Å². The predicted molar refractivity (Wildman–Crippen MR) is 119 cm³/mol. The molecule has 156 valence electrons. The molecule has 4 rings (SSSR count). The van der Waals surface area contributed by atoms with Crippen molar-refractivity contribution in [2.75, 3.05) is 14.2 Å². The van der Waals surface area contributed by atoms with Crippen LogP contribution in [0.25, 0.3) is 28.5 Å². The Bertz CT molecular complexity index is 1250. The average molecular weight is 414 g/mol. The number of methoxy groups -OCH3 is 2. The van der Waals surface area contributed by atoms with Crippen LogP contribution in [0.15, 0.2) is 66.9 Å². The van der Waals surface area contributed by atoms with Gasteiger partial charge in [0.05, 0.1) is 25.6 Å². The monoisotopic (exact) mass is 414 g/mol. The Morgan fingerprint density at radius 2 is 1.65 bits per heavy atom. The fraction of sp³-hybridized carbons (Fsp3) is 0.125. The molecule has 0 saturated heterocycles. The first-order chi connectivity index (χ1) is 15.0. The first-order valence-corrected chi connectivity index (χ1v) is 9.66. The molecule has 2 aromatic carbocycles. The van der Waals surface area contributed by atoms with Gasteiger partial charge in [0.25, 0.3) is 0 Å². The second-order valence-electron chi connectivity index (χ2n) is 6.96. The quantitative estimate of drug-likeness (QED) is 0.514. The van der Waals surface area contributed by atoms with Gasteiger partial charge >= 0.3 is 0 Å². The number of aromatic nitrogens is 3. The SMILES string of the molecule is COc1ccc(-n2cc(-c3ccc(C(N)=O)cc3)nc2-c2cccc(C)n2)cc1OC. The van der Waals surface area contributed by atoms with Crippen molar-refractivity contribution in [3.63, 3.8) is 0 Å². The lowest BCUT2D eigenvalue weighted by Gasteiger charge is -2.12. The average Bonchev–Trinajstić information content (AvgIpc) is 3.24. The van der Waals surface area contributed by atoms with Crippen LogP contribution in [-0.4, -0.2) is 34.7 Å². The van der Waals surface area contributed by atoms with E-state index >= 15 is 0 Å². The molecule has 7 heteroatoms. The summed E-state index contributed by atoms with van der Waals surface area (Å²) in [6.45, 7) is 1.94. The minimum Gasteiger partial charge on any atom is -0.493 e. The molecule has 0 saturated carbocycles. The third-order valence-corrected chi connectivity index (χ3v) is 4.93. The van der Waals surface area contributed by atoms with Crippen molar-refractivity contribution in [1.29, 1.82) is 0 Å². The summed E-state index contributed by atoms with van der Waals surface area (Å²) < 4.78 is 12.8. The molecule has 0 aliphatic carbocycles. The van der Waals surface area contributed by atoms with Crippen molar-refractivity contribution < 1.29 is 14.3 Å². The molecule has 0 radical (unpaired) electrons. The number of ether oxygens (including phenoxy) is 2. The Hall–Kier alpha value is -4.13. The van der Waals surface area contributed by atoms with E-state index in [0.29, 0.717) is 22.9 Å². The highest BCUT2D eigenvalue weighted by Gasteiger charge is 2.16. The lowest BCUT2D eigenvalue weighted by Crippen LogP contribution is -2.10. The number of rotatable bonds is 6. The van der Waals surface area contributed by atoms with Gasteiger partial charge in [0.1, 0.15) is 5.69 Å². The molecule has 7 nitrogen and oxygen atoms in total. The number of carbonyl (C=O) groups is 1. The Morgan fingerprint density at radius 1 is 0.903 bits per heavy atom. The molecule has 2 N–H and O–H groups in total. The van der Waals surface area contributed by atoms with Crippen molar-refractivity contribution in [3.05, 3.63) is 78.1 Å². The second kappa shape index (κ2) is 8.31. The van der Waals surface area contributed by atoms with E-state index in [9.17, 15) is 4.79 Å². The van der Waals surface area contributed by atoms with Crippen LogP contribution in [0.1, 0.15) is 16.1 Å². The van der Waals surface area contributed by atoms with E-state index in [1.165, 1.54) is 0 Å². The van der Waals surface area contributed by atoms with Gasteiger partial charge in [0.15, 0.2) is 17.3 Å². The van der Waals surface area contributed by atoms with E-state index in [0.717, 1.165) is 28.3 Å². The van der Waals surface area contributed by atoms with Gasteiger partial charge in [0.2, 0.25) is 5.91 Å². The van der Waals surface area contributed by atoms with Gasteiger partial charge in [-0.1, -0.05) is 18.2 Å². The van der Waals surface area contributed by atoms with Crippen molar-refractivity contribution in [2.45, 2.75) is 6.92 Å². The lowest BCUT2D eigenvalue weighted by molar-refractivity contribution is 0.100. The predicted octanol–water partition coefficient (Wildman–Crippen LogP) is 4.03. The summed E-state index contributed by atoms with van der Waals surface area (Å²) in [5.41, 5.74) is 9.90. The van der Waals surface area contributed by atoms with Crippen molar-refractivity contribution in [1.82, 2.24) is 14.5 Å². The third kappa shape index (κ3) is 3.98. The molecular weight excluding hydrogens is 392 g/mol. The summed E-state index contributed by atoms with van der Waals surface area (Å²) in [6, 6.07) is 18.5. The molecule has 0 unspecified atom stereocenters. The minimum absolute atomic E-state index is 0.448. The van der Waals surface area contributed by atoms with Crippen LogP contribution in [0.4, 0.5) is 0 Å². The van der Waals surface area contributed by atoms with Gasteiger partial charge in [-0.15, -0.1) is 0 Å². The maximum atomic E-state index is 11.4. The number of carbonyl (C=O) groups excluding carboxylic acids is 1. The van der Waals surface area contributed by atoms with E-state index in [1.54, 1.807) is 26.4 Å². The molecular formula is C24H22N4O3. The summed E-state index contributed by atoms with van der Waals surface area (Å²) in [6.07, 6.45) is 1.93. The van der Waals surface area contributed by atoms with Crippen molar-refractivity contribution in [2.24, 2.45) is 5.73 Å². The van der Waals surface area contributed by atoms with Crippen LogP contribution in [-0.2, 0) is 0 Å². The number of imidazole rings is 1. The molecule has 2 aromatic heterocycles. The largest absolute Gasteiger partial charge is 0.493 e. The maximum absolute atomic E-state index is 11.4. The van der Waals surface area contributed by atoms with Crippen LogP contribution in [0.3, 0.4) is 0 Å². The molecule has 1 amide bonds. The van der Waals surface area contributed by atoms with Crippen molar-refractivity contribution >= 4 is 5.91 Å². The van der Waals surface area contributed by atoms with Crippen molar-refractivity contribution in [3.8, 4) is 40.0 Å². The Labute approximate surface area is 180 Å². The fourth-order valence-corrected chi connectivity index (χ4v) is 3.34. The minimum atomic E-state index is -0.466. The Kier molecular flexibility index (Phi) is 5.41. The fourth-order valence-electron chi connectivity index (χ4n) is 3.34. The zero-order valence-electron chi connectivity index (χ0n) is 17.5. The molecule has 0 aliphatic heterocycles. The summed E-state index contributed by atoms with van der Waals surface area (Å²) in [5.74, 6) is 1.48. The number of amides is 1. The highest BCUT2D eigenvalue weighted by molar-refractivity contribution is 5.93. The maximum Gasteiger partial charge on any atom is 0.248 e. The lowest BCUT2D eigenvalue weighted by atomic mass is 10.1. The van der Waals surface area contributed by atoms with Gasteiger partial charge in [-0.2, -0.15) is 0 Å². The number of aryl methyl sites for hydroxylation is 1. The highest BCUT2D eigenvalue weighted by Crippen LogP contribution is 2.32. The van der Waals surface area contributed by atoms with E-state index in [-0.39, 0.29) is 0 Å². The zero-order valence-corrected chi connectivity index (χ0v) is 17.5. The van der Waals surface area contributed by atoms with Crippen LogP contribution in [0, 0.1) is 6.92 Å². The molecule has 31 heavy (non-hydrogen) atoms. The van der Waals surface area contributed by atoms with Crippen LogP contribution in [0.2, 0.25) is 0 Å². The summed E-state index contributed by atoms with van der Waals surface area (Å²) in [5, 5.41) is 0. The normalized spacial score (nSPS) is 10.7. The van der Waals surface area contributed by atoms with Crippen LogP contribution >= 0.6 is 0 Å². The molecule has 4 aromatic rings. The van der Waals surface area contributed by atoms with Crippen LogP contribution in [0.5, 0.6) is 11.5 Å². The topological polar surface area (TPSA) is 92.3 Å². The number of nitrogens with zero attached hydrogens (tertiary/aromatic N) is 3. The summed E-state index contributed by atoms with van der Waals surface area (Å²) >= 11 is 0. The number of pyridine rings is 1. The standard InChI is InChI=1S/C24H22N4O3/c1-15-5-4-6-19(26-15)24-27-20(16-7-9-17(10-8-16)23(25)29)14-28(24)18-11-12-21(30-2)22(13-18)31-3/h4-14H,1-3H3,(H2,25,29). The Balaban J connectivity index is 1.88. The smallest absolute Gasteiger partial charge is 0.248 e. The molecule has 0 atom stereocenters. The molecule has 0 fully saturated rings. The number of benzene rings is 2. The molecule has 2 heterocycles. The summed E-state index contributed by atoms with van der Waals surface area (Å²) in [7, 11) is 3.20. The summed E-state index contributed by atoms with van der Waals surface area (Å²) in [4.78, 5) is 20.9. The third-order valence-electron chi connectivity index (χ3n) is 4.93. The van der Waals surface area contributed by atoms with E-state index in [2.05, 4.69) is 4.98 Å². The highest BCUT2D eigenvalue weighted by atomic mass is 16.5. The number of hydrogen-bond donors (Lipinski definition) is 1. The molecule has 0 spiro atoms. The molecule has 0 bridgehead atoms. The van der Waals surface area contributed by atoms with Gasteiger partial charge in [0, 0.05) is 29.1 Å². The van der Waals surface area contributed by atoms with Gasteiger partial charge in [-0.05, 0) is 43.3 Å². The Morgan fingerprint density at radius 3 is 2.29 bits per heavy atom. The van der Waals surface area contributed by atoms with Gasteiger partial charge in [-0.25, -0.2) is 9.97 Å². The van der Waals surface area contributed by atoms with Gasteiger partial charge in [-0.3, -0.25) is 9.36 Å². The number of hydrogen-bond acceptors (Lipinski definition) is 5. The molecule has 0 aliphatic rings. The number of primary amides is 1. The number of nitrogens with two attached hydrogens (primary N) is 1. The second-order valence-corrected chi connectivity index (χ2v) is 6.96. The first-order valence-electron chi connectivity index (χ1n) is 9.66. The van der Waals surface area contributed by atoms with E-state index < -0.39 is 5.91 Å². The van der Waals surface area contributed by atoms with E-state index in [4.69, 9.17) is 20.2 Å². The first kappa shape index (κ1) is 20.2. The van der Waals surface area contributed by atoms with E-state index in [1.807, 2.05) is 66.2 Å². The van der Waals surface area contributed by atoms with Gasteiger partial charge < -0.3 is 15.2 Å².